The summed E-state index contributed by atoms with van der Waals surface area (Å²) < 4.78 is 0. The Morgan fingerprint density at radius 3 is 2.52 bits per heavy atom. The highest BCUT2D eigenvalue weighted by atomic mass is 16.6. The zero-order valence-corrected chi connectivity index (χ0v) is 14.6. The maximum absolute atomic E-state index is 12.0. The molecule has 0 spiro atoms. The van der Waals surface area contributed by atoms with Gasteiger partial charge >= 0.3 is 5.97 Å². The van der Waals surface area contributed by atoms with Crippen molar-refractivity contribution >= 4 is 17.6 Å². The monoisotopic (exact) mass is 350 g/mol. The Kier molecular flexibility index (Phi) is 9.21. The van der Waals surface area contributed by atoms with Gasteiger partial charge in [-0.1, -0.05) is 57.6 Å². The molecule has 0 fully saturated rings. The largest absolute Gasteiger partial charge is 0.480 e. The molecular formula is C18H26N2O5. The van der Waals surface area contributed by atoms with E-state index in [-0.39, 0.29) is 12.1 Å². The number of carboxylic acid groups (broad SMARTS) is 1. The molecule has 25 heavy (non-hydrogen) atoms. The Morgan fingerprint density at radius 1 is 1.20 bits per heavy atom. The molecule has 0 radical (unpaired) electrons. The second-order valence-electron chi connectivity index (χ2n) is 6.12. The minimum atomic E-state index is -1.05. The van der Waals surface area contributed by atoms with Gasteiger partial charge in [0.05, 0.1) is 11.3 Å². The summed E-state index contributed by atoms with van der Waals surface area (Å²) in [7, 11) is 0. The van der Waals surface area contributed by atoms with Gasteiger partial charge in [-0.15, -0.1) is 0 Å². The average molecular weight is 350 g/mol. The third kappa shape index (κ3) is 8.28. The summed E-state index contributed by atoms with van der Waals surface area (Å²) in [5.41, 5.74) is 0.391. The van der Waals surface area contributed by atoms with Gasteiger partial charge in [0.15, 0.2) is 0 Å². The number of nitro groups is 1. The van der Waals surface area contributed by atoms with Crippen molar-refractivity contribution < 1.29 is 19.6 Å². The summed E-state index contributed by atoms with van der Waals surface area (Å²) in [4.78, 5) is 33.5. The van der Waals surface area contributed by atoms with Gasteiger partial charge in [-0.25, -0.2) is 4.79 Å². The van der Waals surface area contributed by atoms with E-state index in [9.17, 15) is 24.8 Å². The van der Waals surface area contributed by atoms with Crippen molar-refractivity contribution in [2.75, 3.05) is 0 Å². The van der Waals surface area contributed by atoms with Crippen molar-refractivity contribution in [3.05, 3.63) is 39.9 Å². The van der Waals surface area contributed by atoms with Crippen LogP contribution in [0.15, 0.2) is 24.3 Å². The summed E-state index contributed by atoms with van der Waals surface area (Å²) in [6, 6.07) is 4.86. The Balaban J connectivity index is 2.46. The molecule has 2 N–H and O–H groups in total. The quantitative estimate of drug-likeness (QED) is 0.341. The maximum Gasteiger partial charge on any atom is 0.326 e. The van der Waals surface area contributed by atoms with Crippen molar-refractivity contribution in [2.45, 2.75) is 64.3 Å². The van der Waals surface area contributed by atoms with Crippen LogP contribution in [0.4, 0.5) is 5.69 Å². The highest BCUT2D eigenvalue weighted by Crippen LogP contribution is 2.14. The number of aliphatic carboxylic acids is 1. The molecule has 0 saturated heterocycles. The number of amides is 1. The fraction of sp³-hybridized carbons (Fsp3) is 0.556. The van der Waals surface area contributed by atoms with Crippen LogP contribution in [0.3, 0.4) is 0 Å². The number of nitro benzene ring substituents is 1. The number of unbranched alkanes of at least 4 members (excludes halogenated alkanes) is 5. The zero-order chi connectivity index (χ0) is 18.7. The lowest BCUT2D eigenvalue weighted by molar-refractivity contribution is -0.384. The number of nitrogens with zero attached hydrogens (tertiary/aromatic N) is 1. The van der Waals surface area contributed by atoms with Gasteiger partial charge in [0.1, 0.15) is 6.04 Å². The second-order valence-corrected chi connectivity index (χ2v) is 6.12. The number of non-ortho nitro benzene ring substituents is 1. The molecule has 7 heteroatoms. The van der Waals surface area contributed by atoms with Crippen molar-refractivity contribution in [2.24, 2.45) is 0 Å². The van der Waals surface area contributed by atoms with Crippen LogP contribution in [0.25, 0.3) is 0 Å². The summed E-state index contributed by atoms with van der Waals surface area (Å²) in [5.74, 6) is -1.50. The molecular weight excluding hydrogens is 324 g/mol. The van der Waals surface area contributed by atoms with E-state index in [0.29, 0.717) is 12.0 Å². The minimum Gasteiger partial charge on any atom is -0.480 e. The molecule has 1 atom stereocenters. The molecule has 0 aliphatic heterocycles. The van der Waals surface area contributed by atoms with Gasteiger partial charge in [-0.2, -0.15) is 0 Å². The Bertz CT molecular complexity index is 589. The molecule has 0 heterocycles. The smallest absolute Gasteiger partial charge is 0.326 e. The molecule has 1 aromatic rings. The number of carbonyl (C=O) groups is 2. The molecule has 0 aliphatic carbocycles. The van der Waals surface area contributed by atoms with Crippen LogP contribution in [0.2, 0.25) is 0 Å². The number of hydrogen-bond acceptors (Lipinski definition) is 4. The van der Waals surface area contributed by atoms with Crippen LogP contribution in [-0.2, 0) is 16.0 Å². The number of carbonyl (C=O) groups excluding carboxylic acids is 1. The van der Waals surface area contributed by atoms with Crippen LogP contribution in [0, 0.1) is 10.1 Å². The molecule has 1 aromatic carbocycles. The predicted molar refractivity (Wildman–Crippen MR) is 94.4 cm³/mol. The Morgan fingerprint density at radius 2 is 1.88 bits per heavy atom. The van der Waals surface area contributed by atoms with Crippen molar-refractivity contribution in [3.8, 4) is 0 Å². The average Bonchev–Trinajstić information content (AvgIpc) is 2.56. The maximum atomic E-state index is 12.0. The first-order chi connectivity index (χ1) is 11.9. The molecule has 0 aromatic heterocycles. The third-order valence-corrected chi connectivity index (χ3v) is 3.97. The minimum absolute atomic E-state index is 0.0814. The first-order valence-electron chi connectivity index (χ1n) is 8.69. The first kappa shape index (κ1) is 20.6. The zero-order valence-electron chi connectivity index (χ0n) is 14.6. The van der Waals surface area contributed by atoms with Crippen molar-refractivity contribution in [1.29, 1.82) is 0 Å². The molecule has 1 rings (SSSR count). The summed E-state index contributed by atoms with van der Waals surface area (Å²) in [6.45, 7) is 2.14. The fourth-order valence-corrected chi connectivity index (χ4v) is 2.60. The number of benzene rings is 1. The van der Waals surface area contributed by atoms with Crippen molar-refractivity contribution in [1.82, 2.24) is 5.32 Å². The molecule has 0 aliphatic rings. The topological polar surface area (TPSA) is 110 Å². The SMILES string of the molecule is CCCCCCCC[C@H](NC(=O)Cc1cccc([N+](=O)[O-])c1)C(=O)O. The second kappa shape index (κ2) is 11.2. The summed E-state index contributed by atoms with van der Waals surface area (Å²) in [5, 5.41) is 22.5. The number of hydrogen-bond donors (Lipinski definition) is 2. The summed E-state index contributed by atoms with van der Waals surface area (Å²) in [6.07, 6.45) is 6.56. The van der Waals surface area contributed by atoms with Gasteiger partial charge in [0.25, 0.3) is 5.69 Å². The Hall–Kier alpha value is -2.44. The van der Waals surface area contributed by atoms with E-state index in [4.69, 9.17) is 0 Å². The van der Waals surface area contributed by atoms with Gasteiger partial charge in [-0.3, -0.25) is 14.9 Å². The molecule has 0 saturated carbocycles. The van der Waals surface area contributed by atoms with E-state index >= 15 is 0 Å². The van der Waals surface area contributed by atoms with Crippen LogP contribution in [0.5, 0.6) is 0 Å². The van der Waals surface area contributed by atoms with E-state index in [1.165, 1.54) is 24.6 Å². The van der Waals surface area contributed by atoms with Crippen LogP contribution >= 0.6 is 0 Å². The van der Waals surface area contributed by atoms with E-state index < -0.39 is 22.8 Å². The van der Waals surface area contributed by atoms with E-state index in [1.807, 2.05) is 0 Å². The highest BCUT2D eigenvalue weighted by Gasteiger charge is 2.19. The number of carboxylic acids is 1. The third-order valence-electron chi connectivity index (χ3n) is 3.97. The molecule has 0 bridgehead atoms. The van der Waals surface area contributed by atoms with Crippen LogP contribution in [0.1, 0.15) is 57.4 Å². The van der Waals surface area contributed by atoms with Gasteiger partial charge < -0.3 is 10.4 Å². The molecule has 138 valence electrons. The number of rotatable bonds is 12. The highest BCUT2D eigenvalue weighted by molar-refractivity contribution is 5.84. The predicted octanol–water partition coefficient (Wildman–Crippen LogP) is 3.46. The Labute approximate surface area is 147 Å². The van der Waals surface area contributed by atoms with Crippen LogP contribution < -0.4 is 5.32 Å². The number of nitrogens with one attached hydrogen (secondary N) is 1. The van der Waals surface area contributed by atoms with E-state index in [1.54, 1.807) is 6.07 Å². The van der Waals surface area contributed by atoms with E-state index in [2.05, 4.69) is 12.2 Å². The molecule has 1 amide bonds. The standard InChI is InChI=1S/C18H26N2O5/c1-2-3-4-5-6-7-11-16(18(22)23)19-17(21)13-14-9-8-10-15(12-14)20(24)25/h8-10,12,16H,2-7,11,13H2,1H3,(H,19,21)(H,22,23)/t16-/m0/s1. The first-order valence-corrected chi connectivity index (χ1v) is 8.69. The van der Waals surface area contributed by atoms with Gasteiger partial charge in [0, 0.05) is 12.1 Å². The van der Waals surface area contributed by atoms with Gasteiger partial charge in [0.2, 0.25) is 5.91 Å². The lowest BCUT2D eigenvalue weighted by atomic mass is 10.0. The van der Waals surface area contributed by atoms with Crippen molar-refractivity contribution in [3.63, 3.8) is 0 Å². The molecule has 0 unspecified atom stereocenters. The molecule has 7 nitrogen and oxygen atoms in total. The normalized spacial score (nSPS) is 11.7. The van der Waals surface area contributed by atoms with Gasteiger partial charge in [-0.05, 0) is 12.0 Å². The lowest BCUT2D eigenvalue weighted by Crippen LogP contribution is -2.41. The van der Waals surface area contributed by atoms with E-state index in [0.717, 1.165) is 32.1 Å². The van der Waals surface area contributed by atoms with Crippen LogP contribution in [-0.4, -0.2) is 27.9 Å². The summed E-state index contributed by atoms with van der Waals surface area (Å²) >= 11 is 0. The lowest BCUT2D eigenvalue weighted by Gasteiger charge is -2.14. The fourth-order valence-electron chi connectivity index (χ4n) is 2.60.